The third-order valence-corrected chi connectivity index (χ3v) is 3.74. The molecule has 0 saturated heterocycles. The Morgan fingerprint density at radius 2 is 1.95 bits per heavy atom. The Hall–Kier alpha value is -1.35. The van der Waals surface area contributed by atoms with E-state index in [1.807, 2.05) is 18.2 Å². The Morgan fingerprint density at radius 3 is 2.62 bits per heavy atom. The van der Waals surface area contributed by atoms with E-state index in [0.29, 0.717) is 25.5 Å². The van der Waals surface area contributed by atoms with Crippen LogP contribution >= 0.6 is 0 Å². The summed E-state index contributed by atoms with van der Waals surface area (Å²) in [4.78, 5) is 11.7. The van der Waals surface area contributed by atoms with Crippen LogP contribution in [-0.2, 0) is 16.0 Å². The van der Waals surface area contributed by atoms with Crippen molar-refractivity contribution >= 4 is 5.97 Å². The van der Waals surface area contributed by atoms with Gasteiger partial charge in [-0.3, -0.25) is 4.79 Å². The molecule has 0 aliphatic heterocycles. The van der Waals surface area contributed by atoms with E-state index < -0.39 is 0 Å². The smallest absolute Gasteiger partial charge is 0.305 e. The van der Waals surface area contributed by atoms with Gasteiger partial charge in [0.25, 0.3) is 0 Å². The van der Waals surface area contributed by atoms with E-state index in [1.54, 1.807) is 0 Å². The highest BCUT2D eigenvalue weighted by atomic mass is 16.5. The summed E-state index contributed by atoms with van der Waals surface area (Å²) < 4.78 is 5.30. The predicted octanol–water partition coefficient (Wildman–Crippen LogP) is 3.71. The Balaban J connectivity index is 2.10. The zero-order valence-electron chi connectivity index (χ0n) is 13.2. The fourth-order valence-corrected chi connectivity index (χ4v) is 2.58. The molecule has 0 heterocycles. The minimum Gasteiger partial charge on any atom is -0.466 e. The highest BCUT2D eigenvalue weighted by molar-refractivity contribution is 5.69. The molecule has 0 radical (unpaired) electrons. The molecule has 1 aromatic rings. The number of hydrogen-bond donors (Lipinski definition) is 1. The van der Waals surface area contributed by atoms with Crippen LogP contribution in [0.15, 0.2) is 30.3 Å². The summed E-state index contributed by atoms with van der Waals surface area (Å²) in [6, 6.07) is 10.3. The highest BCUT2D eigenvalue weighted by Crippen LogP contribution is 2.17. The summed E-state index contributed by atoms with van der Waals surface area (Å²) >= 11 is 0. The largest absolute Gasteiger partial charge is 0.466 e. The van der Waals surface area contributed by atoms with Crippen LogP contribution in [0.2, 0.25) is 0 Å². The summed E-state index contributed by atoms with van der Waals surface area (Å²) in [6.07, 6.45) is 6.58. The molecule has 1 rings (SSSR count). The lowest BCUT2D eigenvalue weighted by atomic mass is 9.94. The summed E-state index contributed by atoms with van der Waals surface area (Å²) in [5.74, 6) is 0.498. The minimum absolute atomic E-state index is 0.0683. The van der Waals surface area contributed by atoms with Gasteiger partial charge in [-0.2, -0.15) is 0 Å². The van der Waals surface area contributed by atoms with Crippen molar-refractivity contribution in [3.8, 4) is 0 Å². The molecular weight excluding hydrogens is 262 g/mol. The van der Waals surface area contributed by atoms with Gasteiger partial charge >= 0.3 is 5.97 Å². The van der Waals surface area contributed by atoms with Crippen LogP contribution in [0.1, 0.15) is 51.0 Å². The van der Waals surface area contributed by atoms with Crippen molar-refractivity contribution in [3.63, 3.8) is 0 Å². The van der Waals surface area contributed by atoms with Crippen LogP contribution in [0.25, 0.3) is 0 Å². The van der Waals surface area contributed by atoms with Crippen molar-refractivity contribution in [2.24, 2.45) is 11.7 Å². The van der Waals surface area contributed by atoms with Gasteiger partial charge < -0.3 is 10.5 Å². The van der Waals surface area contributed by atoms with E-state index in [1.165, 1.54) is 5.56 Å². The van der Waals surface area contributed by atoms with Crippen molar-refractivity contribution in [2.45, 2.75) is 51.9 Å². The van der Waals surface area contributed by atoms with Crippen LogP contribution in [0.3, 0.4) is 0 Å². The van der Waals surface area contributed by atoms with Crippen LogP contribution in [-0.4, -0.2) is 19.1 Å². The number of hydrogen-bond acceptors (Lipinski definition) is 3. The first kappa shape index (κ1) is 17.7. The lowest BCUT2D eigenvalue weighted by molar-refractivity contribution is -0.144. The van der Waals surface area contributed by atoms with Crippen LogP contribution in [0.4, 0.5) is 0 Å². The molecule has 118 valence electrons. The monoisotopic (exact) mass is 291 g/mol. The Kier molecular flexibility index (Phi) is 9.55. The van der Waals surface area contributed by atoms with Crippen molar-refractivity contribution in [1.82, 2.24) is 0 Å². The molecule has 0 aliphatic carbocycles. The van der Waals surface area contributed by atoms with E-state index in [-0.39, 0.29) is 5.97 Å². The number of benzene rings is 1. The van der Waals surface area contributed by atoms with Gasteiger partial charge in [0, 0.05) is 6.42 Å². The summed E-state index contributed by atoms with van der Waals surface area (Å²) in [5, 5.41) is 0. The molecule has 2 N–H and O–H groups in total. The molecule has 1 unspecified atom stereocenters. The maximum atomic E-state index is 11.7. The summed E-state index contributed by atoms with van der Waals surface area (Å²) in [7, 11) is 0. The second-order valence-corrected chi connectivity index (χ2v) is 5.58. The maximum absolute atomic E-state index is 11.7. The van der Waals surface area contributed by atoms with Crippen LogP contribution < -0.4 is 5.73 Å². The first-order valence-corrected chi connectivity index (χ1v) is 8.15. The SMILES string of the molecule is CCCC(CCN)CCC(=O)OCCCc1ccccc1. The zero-order chi connectivity index (χ0) is 15.3. The Bertz CT molecular complexity index is 372. The molecule has 0 fully saturated rings. The van der Waals surface area contributed by atoms with Crippen molar-refractivity contribution in [3.05, 3.63) is 35.9 Å². The van der Waals surface area contributed by atoms with Gasteiger partial charge in [-0.1, -0.05) is 50.1 Å². The van der Waals surface area contributed by atoms with Crippen molar-refractivity contribution in [2.75, 3.05) is 13.2 Å². The van der Waals surface area contributed by atoms with E-state index >= 15 is 0 Å². The quantitative estimate of drug-likeness (QED) is 0.499. The molecule has 0 amide bonds. The molecule has 1 aromatic carbocycles. The maximum Gasteiger partial charge on any atom is 0.305 e. The number of esters is 1. The lowest BCUT2D eigenvalue weighted by Gasteiger charge is -2.14. The van der Waals surface area contributed by atoms with E-state index in [0.717, 1.165) is 38.5 Å². The van der Waals surface area contributed by atoms with Gasteiger partial charge in [0.15, 0.2) is 0 Å². The number of ether oxygens (including phenoxy) is 1. The van der Waals surface area contributed by atoms with Gasteiger partial charge in [0.05, 0.1) is 6.61 Å². The van der Waals surface area contributed by atoms with Gasteiger partial charge in [-0.25, -0.2) is 0 Å². The summed E-state index contributed by atoms with van der Waals surface area (Å²) in [6.45, 7) is 3.39. The van der Waals surface area contributed by atoms with Gasteiger partial charge in [-0.05, 0) is 43.7 Å². The highest BCUT2D eigenvalue weighted by Gasteiger charge is 2.10. The van der Waals surface area contributed by atoms with E-state index in [2.05, 4.69) is 19.1 Å². The standard InChI is InChI=1S/C18H29NO2/c1-2-7-16(13-14-19)11-12-18(20)21-15-6-10-17-8-4-3-5-9-17/h3-5,8-9,16H,2,6-7,10-15,19H2,1H3. The fraction of sp³-hybridized carbons (Fsp3) is 0.611. The minimum atomic E-state index is -0.0683. The van der Waals surface area contributed by atoms with Gasteiger partial charge in [0.1, 0.15) is 0 Å². The van der Waals surface area contributed by atoms with Crippen LogP contribution in [0, 0.1) is 5.92 Å². The van der Waals surface area contributed by atoms with Crippen LogP contribution in [0.5, 0.6) is 0 Å². The molecule has 21 heavy (non-hydrogen) atoms. The van der Waals surface area contributed by atoms with Crippen molar-refractivity contribution < 1.29 is 9.53 Å². The molecule has 0 aliphatic rings. The number of carbonyl (C=O) groups is 1. The average molecular weight is 291 g/mol. The van der Waals surface area contributed by atoms with Gasteiger partial charge in [0.2, 0.25) is 0 Å². The molecular formula is C18H29NO2. The van der Waals surface area contributed by atoms with Crippen molar-refractivity contribution in [1.29, 1.82) is 0 Å². The third kappa shape index (κ3) is 8.51. The second-order valence-electron chi connectivity index (χ2n) is 5.58. The first-order chi connectivity index (χ1) is 10.3. The number of rotatable bonds is 11. The molecule has 0 saturated carbocycles. The molecule has 3 nitrogen and oxygen atoms in total. The normalized spacial score (nSPS) is 12.1. The van der Waals surface area contributed by atoms with E-state index in [9.17, 15) is 4.79 Å². The molecule has 1 atom stereocenters. The molecule has 0 bridgehead atoms. The van der Waals surface area contributed by atoms with E-state index in [4.69, 9.17) is 10.5 Å². The first-order valence-electron chi connectivity index (χ1n) is 8.15. The number of nitrogens with two attached hydrogens (primary N) is 1. The Labute approximate surface area is 128 Å². The third-order valence-electron chi connectivity index (χ3n) is 3.74. The fourth-order valence-electron chi connectivity index (χ4n) is 2.58. The average Bonchev–Trinajstić information content (AvgIpc) is 2.51. The summed E-state index contributed by atoms with van der Waals surface area (Å²) in [5.41, 5.74) is 6.89. The number of aryl methyl sites for hydroxylation is 1. The molecule has 0 spiro atoms. The zero-order valence-corrected chi connectivity index (χ0v) is 13.2. The molecule has 0 aromatic heterocycles. The topological polar surface area (TPSA) is 52.3 Å². The Morgan fingerprint density at radius 1 is 1.19 bits per heavy atom. The van der Waals surface area contributed by atoms with Gasteiger partial charge in [-0.15, -0.1) is 0 Å². The predicted molar refractivity (Wildman–Crippen MR) is 87.0 cm³/mol. The molecule has 3 heteroatoms. The number of carbonyl (C=O) groups excluding carboxylic acids is 1. The second kappa shape index (κ2) is 11.3. The lowest BCUT2D eigenvalue weighted by Crippen LogP contribution is -2.12.